The van der Waals surface area contributed by atoms with E-state index >= 15 is 0 Å². The molecule has 1 aliphatic heterocycles. The average Bonchev–Trinajstić information content (AvgIpc) is 2.42. The minimum Gasteiger partial charge on any atom is -0.298 e. The van der Waals surface area contributed by atoms with Gasteiger partial charge in [0.1, 0.15) is 5.78 Å². The Morgan fingerprint density at radius 3 is 2.41 bits per heavy atom. The van der Waals surface area contributed by atoms with Gasteiger partial charge < -0.3 is 0 Å². The van der Waals surface area contributed by atoms with E-state index in [2.05, 4.69) is 25.7 Å². The summed E-state index contributed by atoms with van der Waals surface area (Å²) in [4.78, 5) is 14.1. The van der Waals surface area contributed by atoms with E-state index in [-0.39, 0.29) is 5.92 Å². The van der Waals surface area contributed by atoms with Crippen LogP contribution in [0.15, 0.2) is 0 Å². The quantitative estimate of drug-likeness (QED) is 0.752. The van der Waals surface area contributed by atoms with Gasteiger partial charge in [-0.15, -0.1) is 0 Å². The molecule has 1 unspecified atom stereocenters. The molecular weight excluding hydrogens is 210 g/mol. The van der Waals surface area contributed by atoms with Gasteiger partial charge in [-0.05, 0) is 43.7 Å². The van der Waals surface area contributed by atoms with Crippen molar-refractivity contribution in [3.63, 3.8) is 0 Å². The van der Waals surface area contributed by atoms with Gasteiger partial charge in [0, 0.05) is 5.92 Å². The van der Waals surface area contributed by atoms with Crippen molar-refractivity contribution in [1.29, 1.82) is 0 Å². The minimum absolute atomic E-state index is 0.177. The van der Waals surface area contributed by atoms with E-state index in [0.29, 0.717) is 17.7 Å². The Kier molecular flexibility index (Phi) is 5.18. The van der Waals surface area contributed by atoms with Gasteiger partial charge in [0.25, 0.3) is 0 Å². The molecule has 1 aliphatic rings. The first-order valence-corrected chi connectivity index (χ1v) is 7.05. The van der Waals surface area contributed by atoms with Crippen LogP contribution in [0.4, 0.5) is 0 Å². The Morgan fingerprint density at radius 1 is 1.24 bits per heavy atom. The number of carbonyl (C=O) groups excluding carboxylic acids is 1. The minimum atomic E-state index is 0.177. The second-order valence-corrected chi connectivity index (χ2v) is 6.89. The molecule has 0 aromatic rings. The van der Waals surface area contributed by atoms with E-state index in [1.807, 2.05) is 13.8 Å². The van der Waals surface area contributed by atoms with Gasteiger partial charge in [0.2, 0.25) is 0 Å². The number of hydrogen-bond acceptors (Lipinski definition) is 2. The molecule has 1 saturated heterocycles. The first-order valence-electron chi connectivity index (χ1n) is 7.05. The van der Waals surface area contributed by atoms with Gasteiger partial charge >= 0.3 is 0 Å². The van der Waals surface area contributed by atoms with Crippen LogP contribution in [-0.4, -0.2) is 30.3 Å². The molecule has 1 heterocycles. The fourth-order valence-corrected chi connectivity index (χ4v) is 2.58. The Labute approximate surface area is 107 Å². The van der Waals surface area contributed by atoms with E-state index in [1.54, 1.807) is 0 Å². The summed E-state index contributed by atoms with van der Waals surface area (Å²) in [5.41, 5.74) is 0.415. The SMILES string of the molecule is CC(C)C(=O)CN1CCCC(C(C)(C)C)CC1. The lowest BCUT2D eigenvalue weighted by Crippen LogP contribution is -2.33. The van der Waals surface area contributed by atoms with E-state index in [9.17, 15) is 4.79 Å². The molecular formula is C15H29NO. The number of rotatable bonds is 3. The predicted molar refractivity (Wildman–Crippen MR) is 73.1 cm³/mol. The third-order valence-corrected chi connectivity index (χ3v) is 4.07. The summed E-state index contributed by atoms with van der Waals surface area (Å²) in [5, 5.41) is 0. The number of hydrogen-bond donors (Lipinski definition) is 0. The lowest BCUT2D eigenvalue weighted by Gasteiger charge is -2.29. The van der Waals surface area contributed by atoms with Crippen molar-refractivity contribution in [2.24, 2.45) is 17.3 Å². The highest BCUT2D eigenvalue weighted by Crippen LogP contribution is 2.34. The van der Waals surface area contributed by atoms with Crippen molar-refractivity contribution in [1.82, 2.24) is 4.90 Å². The highest BCUT2D eigenvalue weighted by atomic mass is 16.1. The number of carbonyl (C=O) groups is 1. The van der Waals surface area contributed by atoms with Gasteiger partial charge in [-0.3, -0.25) is 9.69 Å². The Balaban J connectivity index is 2.45. The van der Waals surface area contributed by atoms with E-state index < -0.39 is 0 Å². The third kappa shape index (κ3) is 4.79. The monoisotopic (exact) mass is 239 g/mol. The Bertz CT molecular complexity index is 252. The molecule has 2 heteroatoms. The van der Waals surface area contributed by atoms with Crippen LogP contribution in [0, 0.1) is 17.3 Å². The standard InChI is InChI=1S/C15H29NO/c1-12(2)14(17)11-16-9-6-7-13(8-10-16)15(3,4)5/h12-13H,6-11H2,1-5H3. The first kappa shape index (κ1) is 14.7. The molecule has 1 rings (SSSR count). The number of Topliss-reactive ketones (excluding diaryl/α,β-unsaturated/α-hetero) is 1. The van der Waals surface area contributed by atoms with Crippen LogP contribution in [0.5, 0.6) is 0 Å². The first-order chi connectivity index (χ1) is 7.80. The molecule has 17 heavy (non-hydrogen) atoms. The smallest absolute Gasteiger partial charge is 0.149 e. The summed E-state index contributed by atoms with van der Waals surface area (Å²) in [6.45, 7) is 13.9. The van der Waals surface area contributed by atoms with Crippen LogP contribution in [0.2, 0.25) is 0 Å². The summed E-state index contributed by atoms with van der Waals surface area (Å²) in [6, 6.07) is 0. The molecule has 1 fully saturated rings. The molecule has 0 N–H and O–H groups in total. The van der Waals surface area contributed by atoms with Gasteiger partial charge in [-0.25, -0.2) is 0 Å². The zero-order chi connectivity index (χ0) is 13.1. The van der Waals surface area contributed by atoms with Gasteiger partial charge in [-0.1, -0.05) is 34.6 Å². The highest BCUT2D eigenvalue weighted by molar-refractivity contribution is 5.82. The molecule has 0 aromatic heterocycles. The second-order valence-electron chi connectivity index (χ2n) is 6.89. The summed E-state index contributed by atoms with van der Waals surface area (Å²) >= 11 is 0. The maximum absolute atomic E-state index is 11.8. The third-order valence-electron chi connectivity index (χ3n) is 4.07. The zero-order valence-corrected chi connectivity index (χ0v) is 12.3. The van der Waals surface area contributed by atoms with Crippen molar-refractivity contribution in [3.05, 3.63) is 0 Å². The summed E-state index contributed by atoms with van der Waals surface area (Å²) in [7, 11) is 0. The number of ketones is 1. The maximum atomic E-state index is 11.8. The Hall–Kier alpha value is -0.370. The largest absolute Gasteiger partial charge is 0.298 e. The normalized spacial score (nSPS) is 23.8. The van der Waals surface area contributed by atoms with Crippen LogP contribution in [0.25, 0.3) is 0 Å². The van der Waals surface area contributed by atoms with Crippen molar-refractivity contribution >= 4 is 5.78 Å². The lowest BCUT2D eigenvalue weighted by molar-refractivity contribution is -0.123. The van der Waals surface area contributed by atoms with Crippen LogP contribution in [0.3, 0.4) is 0 Å². The van der Waals surface area contributed by atoms with Crippen molar-refractivity contribution in [3.8, 4) is 0 Å². The van der Waals surface area contributed by atoms with Gasteiger partial charge in [-0.2, -0.15) is 0 Å². The molecule has 0 saturated carbocycles. The molecule has 0 spiro atoms. The van der Waals surface area contributed by atoms with Crippen molar-refractivity contribution in [2.45, 2.75) is 53.9 Å². The van der Waals surface area contributed by atoms with E-state index in [4.69, 9.17) is 0 Å². The summed E-state index contributed by atoms with van der Waals surface area (Å²) < 4.78 is 0. The van der Waals surface area contributed by atoms with Crippen molar-refractivity contribution < 1.29 is 4.79 Å². The predicted octanol–water partition coefficient (Wildman–Crippen LogP) is 3.36. The Morgan fingerprint density at radius 2 is 1.88 bits per heavy atom. The van der Waals surface area contributed by atoms with Crippen molar-refractivity contribution in [2.75, 3.05) is 19.6 Å². The van der Waals surface area contributed by atoms with E-state index in [1.165, 1.54) is 19.3 Å². The fraction of sp³-hybridized carbons (Fsp3) is 0.933. The molecule has 100 valence electrons. The fourth-order valence-electron chi connectivity index (χ4n) is 2.58. The molecule has 0 bridgehead atoms. The summed E-state index contributed by atoms with van der Waals surface area (Å²) in [6.07, 6.45) is 3.80. The molecule has 2 nitrogen and oxygen atoms in total. The van der Waals surface area contributed by atoms with Crippen LogP contribution in [0.1, 0.15) is 53.9 Å². The molecule has 0 aromatic carbocycles. The topological polar surface area (TPSA) is 20.3 Å². The van der Waals surface area contributed by atoms with Crippen LogP contribution in [-0.2, 0) is 4.79 Å². The lowest BCUT2D eigenvalue weighted by atomic mass is 9.77. The van der Waals surface area contributed by atoms with Crippen LogP contribution < -0.4 is 0 Å². The molecule has 0 aliphatic carbocycles. The van der Waals surface area contributed by atoms with E-state index in [0.717, 1.165) is 19.0 Å². The summed E-state index contributed by atoms with van der Waals surface area (Å²) in [5.74, 6) is 1.37. The maximum Gasteiger partial charge on any atom is 0.149 e. The highest BCUT2D eigenvalue weighted by Gasteiger charge is 2.27. The molecule has 1 atom stereocenters. The number of nitrogens with zero attached hydrogens (tertiary/aromatic N) is 1. The molecule has 0 amide bonds. The van der Waals surface area contributed by atoms with Crippen LogP contribution >= 0.6 is 0 Å². The van der Waals surface area contributed by atoms with Gasteiger partial charge in [0.05, 0.1) is 6.54 Å². The zero-order valence-electron chi connectivity index (χ0n) is 12.3. The number of likely N-dealkylation sites (tertiary alicyclic amines) is 1. The second kappa shape index (κ2) is 5.99. The van der Waals surface area contributed by atoms with Gasteiger partial charge in [0.15, 0.2) is 0 Å². The molecule has 0 radical (unpaired) electrons. The average molecular weight is 239 g/mol.